The monoisotopic (exact) mass is 162 g/mol. The van der Waals surface area contributed by atoms with Gasteiger partial charge in [-0.3, -0.25) is 4.79 Å². The van der Waals surface area contributed by atoms with Gasteiger partial charge in [-0.15, -0.1) is 0 Å². The molecule has 0 amide bonds. The third kappa shape index (κ3) is 1.09. The van der Waals surface area contributed by atoms with E-state index in [2.05, 4.69) is 0 Å². The summed E-state index contributed by atoms with van der Waals surface area (Å²) in [6, 6.07) is 5.54. The molecule has 1 heterocycles. The average Bonchev–Trinajstić information content (AvgIpc) is 2.43. The molecule has 1 aromatic carbocycles. The predicted molar refractivity (Wildman–Crippen MR) is 45.6 cm³/mol. The second kappa shape index (κ2) is 2.63. The van der Waals surface area contributed by atoms with Crippen molar-refractivity contribution < 1.29 is 9.53 Å². The van der Waals surface area contributed by atoms with Crippen LogP contribution in [0.25, 0.3) is 0 Å². The molecule has 0 fully saturated rings. The third-order valence-electron chi connectivity index (χ3n) is 2.06. The van der Waals surface area contributed by atoms with Crippen molar-refractivity contribution in [1.82, 2.24) is 0 Å². The van der Waals surface area contributed by atoms with Crippen molar-refractivity contribution in [2.75, 3.05) is 0 Å². The van der Waals surface area contributed by atoms with Gasteiger partial charge >= 0.3 is 0 Å². The number of fused-ring (bicyclic) bond motifs is 1. The van der Waals surface area contributed by atoms with Gasteiger partial charge in [0, 0.05) is 12.0 Å². The van der Waals surface area contributed by atoms with Crippen LogP contribution in [-0.4, -0.2) is 12.4 Å². The highest BCUT2D eigenvalue weighted by Crippen LogP contribution is 2.28. The van der Waals surface area contributed by atoms with Crippen molar-refractivity contribution in [1.29, 1.82) is 0 Å². The molecule has 0 spiro atoms. The van der Waals surface area contributed by atoms with Crippen LogP contribution < -0.4 is 4.74 Å². The van der Waals surface area contributed by atoms with Crippen LogP contribution in [0.4, 0.5) is 0 Å². The van der Waals surface area contributed by atoms with E-state index < -0.39 is 0 Å². The summed E-state index contributed by atoms with van der Waals surface area (Å²) in [5, 5.41) is 0. The number of carbonyl (C=O) groups excluding carboxylic acids is 1. The number of aldehydes is 1. The molecule has 0 saturated carbocycles. The molecule has 0 saturated heterocycles. The SMILES string of the molecule is C[C@H]1Cc2cc(C=O)ccc2O1. The maximum absolute atomic E-state index is 10.4. The van der Waals surface area contributed by atoms with Crippen LogP contribution in [0, 0.1) is 0 Å². The number of rotatable bonds is 1. The highest BCUT2D eigenvalue weighted by atomic mass is 16.5. The molecule has 2 nitrogen and oxygen atoms in total. The van der Waals surface area contributed by atoms with Crippen LogP contribution in [-0.2, 0) is 6.42 Å². The molecule has 62 valence electrons. The Morgan fingerprint density at radius 3 is 3.17 bits per heavy atom. The quantitative estimate of drug-likeness (QED) is 0.589. The van der Waals surface area contributed by atoms with Gasteiger partial charge in [0.2, 0.25) is 0 Å². The van der Waals surface area contributed by atoms with E-state index in [0.29, 0.717) is 0 Å². The van der Waals surface area contributed by atoms with Gasteiger partial charge in [0.25, 0.3) is 0 Å². The topological polar surface area (TPSA) is 26.3 Å². The number of hydrogen-bond acceptors (Lipinski definition) is 2. The lowest BCUT2D eigenvalue weighted by Gasteiger charge is -2.01. The highest BCUT2D eigenvalue weighted by molar-refractivity contribution is 5.75. The van der Waals surface area contributed by atoms with Gasteiger partial charge in [-0.2, -0.15) is 0 Å². The van der Waals surface area contributed by atoms with Crippen LogP contribution in [0.15, 0.2) is 18.2 Å². The first kappa shape index (κ1) is 7.35. The van der Waals surface area contributed by atoms with Gasteiger partial charge in [-0.05, 0) is 30.7 Å². The fourth-order valence-corrected chi connectivity index (χ4v) is 1.52. The first-order valence-corrected chi connectivity index (χ1v) is 4.04. The van der Waals surface area contributed by atoms with Crippen molar-refractivity contribution >= 4 is 6.29 Å². The van der Waals surface area contributed by atoms with E-state index in [4.69, 9.17) is 4.74 Å². The molecule has 0 bridgehead atoms. The predicted octanol–water partition coefficient (Wildman–Crippen LogP) is 1.82. The number of benzene rings is 1. The highest BCUT2D eigenvalue weighted by Gasteiger charge is 2.18. The average molecular weight is 162 g/mol. The zero-order valence-electron chi connectivity index (χ0n) is 6.91. The van der Waals surface area contributed by atoms with Crippen molar-refractivity contribution in [2.24, 2.45) is 0 Å². The number of carbonyl (C=O) groups is 1. The minimum Gasteiger partial charge on any atom is -0.490 e. The molecule has 0 radical (unpaired) electrons. The molecule has 2 heteroatoms. The standard InChI is InChI=1S/C10H10O2/c1-7-4-9-5-8(6-11)2-3-10(9)12-7/h2-3,5-7H,4H2,1H3/t7-/m0/s1. The van der Waals surface area contributed by atoms with E-state index >= 15 is 0 Å². The molecule has 0 aliphatic carbocycles. The Balaban J connectivity index is 2.41. The van der Waals surface area contributed by atoms with Gasteiger partial charge < -0.3 is 4.74 Å². The van der Waals surface area contributed by atoms with Crippen LogP contribution in [0.3, 0.4) is 0 Å². The molecule has 1 aromatic rings. The summed E-state index contributed by atoms with van der Waals surface area (Å²) >= 11 is 0. The first-order valence-electron chi connectivity index (χ1n) is 4.04. The Kier molecular flexibility index (Phi) is 1.61. The van der Waals surface area contributed by atoms with E-state index in [1.807, 2.05) is 19.1 Å². The molecule has 0 aromatic heterocycles. The van der Waals surface area contributed by atoms with E-state index in [9.17, 15) is 4.79 Å². The van der Waals surface area contributed by atoms with Gasteiger partial charge in [0.05, 0.1) is 0 Å². The zero-order chi connectivity index (χ0) is 8.55. The minimum absolute atomic E-state index is 0.252. The summed E-state index contributed by atoms with van der Waals surface area (Å²) in [5.74, 6) is 0.924. The van der Waals surface area contributed by atoms with Crippen molar-refractivity contribution in [2.45, 2.75) is 19.4 Å². The normalized spacial score (nSPS) is 19.9. The molecule has 0 unspecified atom stereocenters. The molecule has 0 N–H and O–H groups in total. The first-order chi connectivity index (χ1) is 5.79. The van der Waals surface area contributed by atoms with Gasteiger partial charge in [-0.1, -0.05) is 0 Å². The van der Waals surface area contributed by atoms with Crippen molar-refractivity contribution in [3.63, 3.8) is 0 Å². The van der Waals surface area contributed by atoms with Crippen LogP contribution in [0.5, 0.6) is 5.75 Å². The lowest BCUT2D eigenvalue weighted by atomic mass is 10.1. The van der Waals surface area contributed by atoms with Gasteiger partial charge in [0.1, 0.15) is 18.1 Å². The zero-order valence-corrected chi connectivity index (χ0v) is 6.91. The lowest BCUT2D eigenvalue weighted by molar-refractivity contribution is 0.112. The van der Waals surface area contributed by atoms with Crippen LogP contribution >= 0.6 is 0 Å². The summed E-state index contributed by atoms with van der Waals surface area (Å²) in [5.41, 5.74) is 1.87. The summed E-state index contributed by atoms with van der Waals surface area (Å²) in [6.07, 6.45) is 2.03. The van der Waals surface area contributed by atoms with Crippen molar-refractivity contribution in [3.8, 4) is 5.75 Å². The Bertz CT molecular complexity index is 318. The lowest BCUT2D eigenvalue weighted by Crippen LogP contribution is -2.05. The molecule has 2 rings (SSSR count). The maximum atomic E-state index is 10.4. The third-order valence-corrected chi connectivity index (χ3v) is 2.06. The molecule has 1 atom stereocenters. The van der Waals surface area contributed by atoms with Crippen LogP contribution in [0.2, 0.25) is 0 Å². The van der Waals surface area contributed by atoms with E-state index in [1.165, 1.54) is 0 Å². The minimum atomic E-state index is 0.252. The number of ether oxygens (including phenoxy) is 1. The second-order valence-corrected chi connectivity index (χ2v) is 3.12. The van der Waals surface area contributed by atoms with E-state index in [-0.39, 0.29) is 6.10 Å². The maximum Gasteiger partial charge on any atom is 0.150 e. The molecular weight excluding hydrogens is 152 g/mol. The summed E-state index contributed by atoms with van der Waals surface area (Å²) in [7, 11) is 0. The number of hydrogen-bond donors (Lipinski definition) is 0. The molecule has 1 aliphatic rings. The Morgan fingerprint density at radius 1 is 1.58 bits per heavy atom. The molecule has 12 heavy (non-hydrogen) atoms. The Labute approximate surface area is 71.2 Å². The smallest absolute Gasteiger partial charge is 0.150 e. The molecular formula is C10H10O2. The summed E-state index contributed by atoms with van der Waals surface area (Å²) < 4.78 is 5.49. The Morgan fingerprint density at radius 2 is 2.42 bits per heavy atom. The second-order valence-electron chi connectivity index (χ2n) is 3.12. The Hall–Kier alpha value is -1.31. The van der Waals surface area contributed by atoms with Gasteiger partial charge in [0.15, 0.2) is 0 Å². The summed E-state index contributed by atoms with van der Waals surface area (Å²) in [4.78, 5) is 10.4. The fraction of sp³-hybridized carbons (Fsp3) is 0.300. The van der Waals surface area contributed by atoms with E-state index in [1.54, 1.807) is 6.07 Å². The van der Waals surface area contributed by atoms with Crippen LogP contribution in [0.1, 0.15) is 22.8 Å². The largest absolute Gasteiger partial charge is 0.490 e. The molecule has 1 aliphatic heterocycles. The van der Waals surface area contributed by atoms with Crippen molar-refractivity contribution in [3.05, 3.63) is 29.3 Å². The fourth-order valence-electron chi connectivity index (χ4n) is 1.52. The van der Waals surface area contributed by atoms with Gasteiger partial charge in [-0.25, -0.2) is 0 Å². The van der Waals surface area contributed by atoms with E-state index in [0.717, 1.165) is 29.6 Å². The summed E-state index contributed by atoms with van der Waals surface area (Å²) in [6.45, 7) is 2.03.